The van der Waals surface area contributed by atoms with Gasteiger partial charge in [0.25, 0.3) is 5.91 Å². The van der Waals surface area contributed by atoms with Gasteiger partial charge in [-0.2, -0.15) is 4.31 Å². The fourth-order valence-corrected chi connectivity index (χ4v) is 5.04. The molecule has 1 aromatic heterocycles. The number of aromatic nitrogens is 1. The van der Waals surface area contributed by atoms with Crippen LogP contribution in [0.3, 0.4) is 0 Å². The second-order valence-corrected chi connectivity index (χ2v) is 9.41. The van der Waals surface area contributed by atoms with Gasteiger partial charge in [0.2, 0.25) is 10.0 Å². The normalized spacial score (nSPS) is 15.5. The van der Waals surface area contributed by atoms with Gasteiger partial charge in [-0.25, -0.2) is 12.8 Å². The minimum Gasteiger partial charge on any atom is -0.336 e. The molecule has 1 aliphatic heterocycles. The quantitative estimate of drug-likeness (QED) is 0.644. The zero-order valence-electron chi connectivity index (χ0n) is 16.8. The molecule has 0 unspecified atom stereocenters. The van der Waals surface area contributed by atoms with Crippen molar-refractivity contribution in [3.8, 4) is 0 Å². The molecule has 3 aromatic rings. The molecular formula is C22H22FN3O3S. The van der Waals surface area contributed by atoms with E-state index >= 15 is 0 Å². The van der Waals surface area contributed by atoms with Crippen LogP contribution in [0.4, 0.5) is 4.39 Å². The number of pyridine rings is 1. The Kier molecular flexibility index (Phi) is 5.29. The number of fused-ring (bicyclic) bond motifs is 1. The maximum Gasteiger partial charge on any atom is 0.255 e. The van der Waals surface area contributed by atoms with Crippen molar-refractivity contribution in [2.75, 3.05) is 26.2 Å². The molecule has 156 valence electrons. The van der Waals surface area contributed by atoms with Gasteiger partial charge in [0, 0.05) is 37.6 Å². The number of hydrogen-bond acceptors (Lipinski definition) is 4. The highest BCUT2D eigenvalue weighted by Crippen LogP contribution is 2.22. The number of halogens is 1. The minimum absolute atomic E-state index is 0.196. The summed E-state index contributed by atoms with van der Waals surface area (Å²) in [6.45, 7) is 4.67. The molecule has 0 atom stereocenters. The van der Waals surface area contributed by atoms with Gasteiger partial charge >= 0.3 is 0 Å². The summed E-state index contributed by atoms with van der Waals surface area (Å²) in [6.07, 6.45) is 0. The Morgan fingerprint density at radius 1 is 0.967 bits per heavy atom. The number of hydrogen-bond donors (Lipinski definition) is 0. The number of nitrogens with zero attached hydrogens (tertiary/aromatic N) is 3. The Hall–Kier alpha value is -2.84. The summed E-state index contributed by atoms with van der Waals surface area (Å²) in [7, 11) is -3.59. The van der Waals surface area contributed by atoms with Crippen LogP contribution in [0.1, 0.15) is 21.6 Å². The number of benzene rings is 2. The molecule has 0 radical (unpaired) electrons. The Balaban J connectivity index is 1.51. The Morgan fingerprint density at radius 3 is 2.30 bits per heavy atom. The van der Waals surface area contributed by atoms with Crippen molar-refractivity contribution in [1.29, 1.82) is 0 Å². The van der Waals surface area contributed by atoms with Crippen molar-refractivity contribution in [2.24, 2.45) is 0 Å². The molecule has 1 saturated heterocycles. The molecule has 0 bridgehead atoms. The summed E-state index contributed by atoms with van der Waals surface area (Å²) in [5.74, 6) is -0.571. The predicted molar refractivity (Wildman–Crippen MR) is 112 cm³/mol. The Bertz CT molecular complexity index is 1220. The van der Waals surface area contributed by atoms with E-state index in [0.717, 1.165) is 5.56 Å². The maximum absolute atomic E-state index is 13.4. The van der Waals surface area contributed by atoms with E-state index < -0.39 is 10.0 Å². The predicted octanol–water partition coefficient (Wildman–Crippen LogP) is 3.14. The van der Waals surface area contributed by atoms with Gasteiger partial charge < -0.3 is 4.90 Å². The highest BCUT2D eigenvalue weighted by molar-refractivity contribution is 7.89. The lowest BCUT2D eigenvalue weighted by Crippen LogP contribution is -2.50. The average molecular weight is 428 g/mol. The number of sulfonamides is 1. The first-order valence-corrected chi connectivity index (χ1v) is 11.1. The third-order valence-electron chi connectivity index (χ3n) is 5.39. The van der Waals surface area contributed by atoms with Crippen LogP contribution in [0, 0.1) is 19.7 Å². The van der Waals surface area contributed by atoms with E-state index in [4.69, 9.17) is 0 Å². The van der Waals surface area contributed by atoms with E-state index in [1.54, 1.807) is 48.2 Å². The Morgan fingerprint density at radius 2 is 1.63 bits per heavy atom. The molecule has 30 heavy (non-hydrogen) atoms. The number of aryl methyl sites for hydroxylation is 2. The summed E-state index contributed by atoms with van der Waals surface area (Å²) in [5, 5.41) is 0.686. The lowest BCUT2D eigenvalue weighted by Gasteiger charge is -2.34. The lowest BCUT2D eigenvalue weighted by molar-refractivity contribution is 0.0697. The van der Waals surface area contributed by atoms with Crippen molar-refractivity contribution in [3.05, 3.63) is 71.2 Å². The zero-order chi connectivity index (χ0) is 21.5. The van der Waals surface area contributed by atoms with E-state index in [0.29, 0.717) is 35.2 Å². The van der Waals surface area contributed by atoms with E-state index in [9.17, 15) is 17.6 Å². The van der Waals surface area contributed by atoms with Crippen molar-refractivity contribution < 1.29 is 17.6 Å². The number of piperazine rings is 1. The van der Waals surface area contributed by atoms with Gasteiger partial charge in [-0.15, -0.1) is 0 Å². The van der Waals surface area contributed by atoms with Gasteiger partial charge in [0.15, 0.2) is 0 Å². The molecule has 0 aliphatic carbocycles. The van der Waals surface area contributed by atoms with Crippen LogP contribution in [0.25, 0.3) is 10.9 Å². The number of carbonyl (C=O) groups excluding carboxylic acids is 1. The molecule has 4 rings (SSSR count). The van der Waals surface area contributed by atoms with Gasteiger partial charge in [0.05, 0.1) is 21.7 Å². The molecule has 1 aliphatic rings. The van der Waals surface area contributed by atoms with Crippen molar-refractivity contribution in [3.63, 3.8) is 0 Å². The van der Waals surface area contributed by atoms with E-state index in [1.807, 2.05) is 6.92 Å². The van der Waals surface area contributed by atoms with Crippen LogP contribution in [0.2, 0.25) is 0 Å². The van der Waals surface area contributed by atoms with E-state index in [1.165, 1.54) is 16.4 Å². The number of amides is 1. The molecule has 6 nitrogen and oxygen atoms in total. The third kappa shape index (κ3) is 3.80. The largest absolute Gasteiger partial charge is 0.336 e. The SMILES string of the molecule is Cc1ccc(S(=O)(=O)N2CCN(C(=O)c3cc4ccc(F)cc4nc3C)CC2)cc1. The molecule has 8 heteroatoms. The molecule has 2 heterocycles. The second-order valence-electron chi connectivity index (χ2n) is 7.47. The van der Waals surface area contributed by atoms with Gasteiger partial charge in [-0.1, -0.05) is 17.7 Å². The van der Waals surface area contributed by atoms with Gasteiger partial charge in [-0.3, -0.25) is 9.78 Å². The number of rotatable bonds is 3. The second kappa shape index (κ2) is 7.77. The fourth-order valence-electron chi connectivity index (χ4n) is 3.61. The van der Waals surface area contributed by atoms with Crippen LogP contribution >= 0.6 is 0 Å². The smallest absolute Gasteiger partial charge is 0.255 e. The van der Waals surface area contributed by atoms with Crippen LogP contribution in [0.15, 0.2) is 53.4 Å². The van der Waals surface area contributed by atoms with E-state index in [2.05, 4.69) is 4.98 Å². The van der Waals surface area contributed by atoms with E-state index in [-0.39, 0.29) is 29.7 Å². The van der Waals surface area contributed by atoms with Crippen LogP contribution in [0.5, 0.6) is 0 Å². The first-order valence-electron chi connectivity index (χ1n) is 9.69. The minimum atomic E-state index is -3.59. The van der Waals surface area contributed by atoms with Gasteiger partial charge in [-0.05, 0) is 44.2 Å². The Labute approximate surface area is 175 Å². The van der Waals surface area contributed by atoms with Gasteiger partial charge in [0.1, 0.15) is 5.82 Å². The highest BCUT2D eigenvalue weighted by Gasteiger charge is 2.31. The van der Waals surface area contributed by atoms with Crippen LogP contribution < -0.4 is 0 Å². The van der Waals surface area contributed by atoms with Crippen molar-refractivity contribution in [1.82, 2.24) is 14.2 Å². The summed E-state index contributed by atoms with van der Waals surface area (Å²) in [4.78, 5) is 19.3. The molecule has 1 amide bonds. The van der Waals surface area contributed by atoms with Crippen LogP contribution in [-0.2, 0) is 10.0 Å². The molecule has 0 N–H and O–H groups in total. The van der Waals surface area contributed by atoms with Crippen molar-refractivity contribution >= 4 is 26.8 Å². The first kappa shape index (κ1) is 20.4. The monoisotopic (exact) mass is 427 g/mol. The zero-order valence-corrected chi connectivity index (χ0v) is 17.6. The molecule has 0 spiro atoms. The maximum atomic E-state index is 13.4. The molecule has 1 fully saturated rings. The summed E-state index contributed by atoms with van der Waals surface area (Å²) in [6, 6.07) is 12.7. The average Bonchev–Trinajstić information content (AvgIpc) is 2.73. The topological polar surface area (TPSA) is 70.6 Å². The summed E-state index contributed by atoms with van der Waals surface area (Å²) >= 11 is 0. The number of carbonyl (C=O) groups is 1. The molecular weight excluding hydrogens is 405 g/mol. The summed E-state index contributed by atoms with van der Waals surface area (Å²) < 4.78 is 40.5. The van der Waals surface area contributed by atoms with Crippen molar-refractivity contribution in [2.45, 2.75) is 18.7 Å². The first-order chi connectivity index (χ1) is 14.3. The third-order valence-corrected chi connectivity index (χ3v) is 7.30. The summed E-state index contributed by atoms with van der Waals surface area (Å²) in [5.41, 5.74) is 2.46. The molecule has 0 saturated carbocycles. The standard InChI is InChI=1S/C22H22FN3O3S/c1-15-3-7-19(8-4-15)30(28,29)26-11-9-25(10-12-26)22(27)20-13-17-5-6-18(23)14-21(17)24-16(20)2/h3-8,13-14H,9-12H2,1-2H3. The lowest BCUT2D eigenvalue weighted by atomic mass is 10.1. The van der Waals surface area contributed by atoms with Crippen LogP contribution in [-0.4, -0.2) is 54.7 Å². The fraction of sp³-hybridized carbons (Fsp3) is 0.273. The molecule has 2 aromatic carbocycles. The highest BCUT2D eigenvalue weighted by atomic mass is 32.2.